The summed E-state index contributed by atoms with van der Waals surface area (Å²) in [6, 6.07) is 12.0. The highest BCUT2D eigenvalue weighted by Gasteiger charge is 2.16. The molecule has 0 aliphatic rings. The number of alkyl halides is 1. The van der Waals surface area contributed by atoms with Gasteiger partial charge in [0.2, 0.25) is 0 Å². The van der Waals surface area contributed by atoms with E-state index in [1.807, 2.05) is 36.4 Å². The van der Waals surface area contributed by atoms with Crippen LogP contribution < -0.4 is 4.74 Å². The SMILES string of the molecule is CCCOc1ccc(C(Cl)c2cc(Br)ccc2Br)cc1Br. The summed E-state index contributed by atoms with van der Waals surface area (Å²) >= 11 is 17.2. The van der Waals surface area contributed by atoms with Crippen molar-refractivity contribution in [2.45, 2.75) is 18.7 Å². The Bertz CT molecular complexity index is 631. The van der Waals surface area contributed by atoms with Crippen molar-refractivity contribution in [3.63, 3.8) is 0 Å². The van der Waals surface area contributed by atoms with Crippen molar-refractivity contribution in [2.24, 2.45) is 0 Å². The van der Waals surface area contributed by atoms with Crippen LogP contribution in [0.5, 0.6) is 5.75 Å². The molecular formula is C16H14Br3ClO. The third kappa shape index (κ3) is 4.47. The van der Waals surface area contributed by atoms with Gasteiger partial charge in [-0.05, 0) is 63.8 Å². The van der Waals surface area contributed by atoms with E-state index in [2.05, 4.69) is 54.7 Å². The molecule has 2 rings (SSSR count). The molecule has 0 aliphatic carbocycles. The van der Waals surface area contributed by atoms with Crippen molar-refractivity contribution in [1.82, 2.24) is 0 Å². The molecule has 0 amide bonds. The molecule has 1 nitrogen and oxygen atoms in total. The van der Waals surface area contributed by atoms with Crippen LogP contribution in [-0.4, -0.2) is 6.61 Å². The van der Waals surface area contributed by atoms with Crippen LogP contribution in [-0.2, 0) is 0 Å². The summed E-state index contributed by atoms with van der Waals surface area (Å²) in [5.74, 6) is 0.845. The van der Waals surface area contributed by atoms with Crippen LogP contribution in [0.2, 0.25) is 0 Å². The highest BCUT2D eigenvalue weighted by molar-refractivity contribution is 9.11. The molecule has 5 heteroatoms. The van der Waals surface area contributed by atoms with E-state index in [1.165, 1.54) is 0 Å². The van der Waals surface area contributed by atoms with Gasteiger partial charge in [0.1, 0.15) is 5.75 Å². The zero-order valence-electron chi connectivity index (χ0n) is 11.4. The van der Waals surface area contributed by atoms with Crippen molar-refractivity contribution in [1.29, 1.82) is 0 Å². The van der Waals surface area contributed by atoms with E-state index < -0.39 is 0 Å². The Morgan fingerprint density at radius 2 is 1.81 bits per heavy atom. The normalized spacial score (nSPS) is 12.2. The van der Waals surface area contributed by atoms with Gasteiger partial charge in [-0.3, -0.25) is 0 Å². The second-order valence-corrected chi connectivity index (χ2v) is 7.63. The lowest BCUT2D eigenvalue weighted by atomic mass is 10.0. The Morgan fingerprint density at radius 3 is 2.48 bits per heavy atom. The standard InChI is InChI=1S/C16H14Br3ClO/c1-2-7-21-15-6-3-10(8-14(15)19)16(20)12-9-11(17)4-5-13(12)18/h3-6,8-9,16H,2,7H2,1H3. The van der Waals surface area contributed by atoms with E-state index in [4.69, 9.17) is 16.3 Å². The van der Waals surface area contributed by atoms with E-state index in [-0.39, 0.29) is 5.38 Å². The molecule has 0 fully saturated rings. The molecule has 1 unspecified atom stereocenters. The van der Waals surface area contributed by atoms with Gasteiger partial charge >= 0.3 is 0 Å². The zero-order chi connectivity index (χ0) is 15.4. The molecule has 0 aliphatic heterocycles. The summed E-state index contributed by atoms with van der Waals surface area (Å²) in [6.07, 6.45) is 0.983. The smallest absolute Gasteiger partial charge is 0.133 e. The van der Waals surface area contributed by atoms with Crippen LogP contribution in [0.1, 0.15) is 29.8 Å². The van der Waals surface area contributed by atoms with Crippen molar-refractivity contribution in [2.75, 3.05) is 6.61 Å². The molecule has 2 aromatic carbocycles. The number of hydrogen-bond donors (Lipinski definition) is 0. The third-order valence-corrected chi connectivity index (χ3v) is 5.26. The molecule has 112 valence electrons. The first-order valence-electron chi connectivity index (χ1n) is 6.54. The van der Waals surface area contributed by atoms with Crippen LogP contribution in [0.25, 0.3) is 0 Å². The summed E-state index contributed by atoms with van der Waals surface area (Å²) in [6.45, 7) is 2.79. The van der Waals surface area contributed by atoms with Crippen LogP contribution in [0.4, 0.5) is 0 Å². The predicted molar refractivity (Wildman–Crippen MR) is 99.5 cm³/mol. The van der Waals surface area contributed by atoms with Gasteiger partial charge in [-0.25, -0.2) is 0 Å². The number of rotatable bonds is 5. The summed E-state index contributed by atoms with van der Waals surface area (Å²) in [5.41, 5.74) is 2.05. The van der Waals surface area contributed by atoms with Gasteiger partial charge in [0.05, 0.1) is 16.5 Å². The summed E-state index contributed by atoms with van der Waals surface area (Å²) in [7, 11) is 0. The summed E-state index contributed by atoms with van der Waals surface area (Å²) < 4.78 is 8.59. The first-order chi connectivity index (χ1) is 10.0. The fraction of sp³-hybridized carbons (Fsp3) is 0.250. The Labute approximate surface area is 155 Å². The first-order valence-corrected chi connectivity index (χ1v) is 9.35. The minimum absolute atomic E-state index is 0.228. The minimum Gasteiger partial charge on any atom is -0.492 e. The summed E-state index contributed by atoms with van der Waals surface area (Å²) in [5, 5.41) is -0.228. The molecule has 0 heterocycles. The molecule has 0 saturated carbocycles. The maximum absolute atomic E-state index is 6.63. The molecule has 0 aromatic heterocycles. The van der Waals surface area contributed by atoms with Gasteiger partial charge in [-0.2, -0.15) is 0 Å². The Morgan fingerprint density at radius 1 is 1.05 bits per heavy atom. The third-order valence-electron chi connectivity index (χ3n) is 2.94. The van der Waals surface area contributed by atoms with E-state index in [1.54, 1.807) is 0 Å². The Hall–Kier alpha value is -0.0300. The van der Waals surface area contributed by atoms with E-state index >= 15 is 0 Å². The lowest BCUT2D eigenvalue weighted by Crippen LogP contribution is -1.98. The quantitative estimate of drug-likeness (QED) is 0.401. The van der Waals surface area contributed by atoms with Crippen LogP contribution in [0, 0.1) is 0 Å². The van der Waals surface area contributed by atoms with Crippen LogP contribution >= 0.6 is 59.4 Å². The highest BCUT2D eigenvalue weighted by atomic mass is 79.9. The van der Waals surface area contributed by atoms with Gasteiger partial charge in [0.25, 0.3) is 0 Å². The van der Waals surface area contributed by atoms with E-state index in [0.29, 0.717) is 6.61 Å². The van der Waals surface area contributed by atoms with Gasteiger partial charge in [-0.15, -0.1) is 11.6 Å². The molecular weight excluding hydrogens is 483 g/mol. The van der Waals surface area contributed by atoms with Crippen LogP contribution in [0.15, 0.2) is 49.8 Å². The topological polar surface area (TPSA) is 9.23 Å². The molecule has 0 bridgehead atoms. The predicted octanol–water partition coefficient (Wildman–Crippen LogP) is 7.09. The van der Waals surface area contributed by atoms with Crippen molar-refractivity contribution in [3.05, 3.63) is 60.9 Å². The van der Waals surface area contributed by atoms with Crippen molar-refractivity contribution < 1.29 is 4.74 Å². The van der Waals surface area contributed by atoms with E-state index in [9.17, 15) is 0 Å². The maximum atomic E-state index is 6.63. The monoisotopic (exact) mass is 494 g/mol. The van der Waals surface area contributed by atoms with E-state index in [0.717, 1.165) is 36.7 Å². The molecule has 0 spiro atoms. The van der Waals surface area contributed by atoms with Crippen molar-refractivity contribution >= 4 is 59.4 Å². The number of benzene rings is 2. The number of ether oxygens (including phenoxy) is 1. The van der Waals surface area contributed by atoms with Crippen molar-refractivity contribution in [3.8, 4) is 5.75 Å². The molecule has 0 N–H and O–H groups in total. The Balaban J connectivity index is 2.29. The highest BCUT2D eigenvalue weighted by Crippen LogP contribution is 2.38. The summed E-state index contributed by atoms with van der Waals surface area (Å²) in [4.78, 5) is 0. The number of halogens is 4. The lowest BCUT2D eigenvalue weighted by molar-refractivity contribution is 0.315. The second-order valence-electron chi connectivity index (χ2n) is 4.57. The molecule has 21 heavy (non-hydrogen) atoms. The van der Waals surface area contributed by atoms with Gasteiger partial charge in [-0.1, -0.05) is 44.8 Å². The molecule has 1 atom stereocenters. The fourth-order valence-electron chi connectivity index (χ4n) is 1.89. The van der Waals surface area contributed by atoms with Gasteiger partial charge in [0, 0.05) is 8.95 Å². The van der Waals surface area contributed by atoms with Gasteiger partial charge < -0.3 is 4.74 Å². The maximum Gasteiger partial charge on any atom is 0.133 e. The average Bonchev–Trinajstić information content (AvgIpc) is 2.47. The number of hydrogen-bond acceptors (Lipinski definition) is 1. The second kappa shape index (κ2) is 8.00. The average molecular weight is 497 g/mol. The minimum atomic E-state index is -0.228. The largest absolute Gasteiger partial charge is 0.492 e. The molecule has 0 saturated heterocycles. The first kappa shape index (κ1) is 17.3. The lowest BCUT2D eigenvalue weighted by Gasteiger charge is -2.15. The molecule has 0 radical (unpaired) electrons. The fourth-order valence-corrected chi connectivity index (χ4v) is 3.71. The van der Waals surface area contributed by atoms with Crippen LogP contribution in [0.3, 0.4) is 0 Å². The Kier molecular flexibility index (Phi) is 6.60. The molecule has 2 aromatic rings. The van der Waals surface area contributed by atoms with Gasteiger partial charge in [0.15, 0.2) is 0 Å². The zero-order valence-corrected chi connectivity index (χ0v) is 16.9.